The largest absolute Gasteiger partial charge is 0.481 e. The normalized spacial score (nSPS) is 14.1. The molecule has 2 unspecified atom stereocenters. The first-order chi connectivity index (χ1) is 11.7. The Morgan fingerprint density at radius 2 is 1.52 bits per heavy atom. The zero-order chi connectivity index (χ0) is 19.3. The van der Waals surface area contributed by atoms with E-state index < -0.39 is 5.97 Å². The number of unbranched alkanes of at least 4 members (excludes halogenated alkanes) is 6. The Morgan fingerprint density at radius 3 is 1.96 bits per heavy atom. The number of allylic oxidation sites excluding steroid dienone is 2. The summed E-state index contributed by atoms with van der Waals surface area (Å²) in [6, 6.07) is 0. The van der Waals surface area contributed by atoms with Crippen LogP contribution in [0, 0.1) is 17.3 Å². The van der Waals surface area contributed by atoms with Crippen molar-refractivity contribution in [2.75, 3.05) is 0 Å². The van der Waals surface area contributed by atoms with Gasteiger partial charge in [0.1, 0.15) is 0 Å². The summed E-state index contributed by atoms with van der Waals surface area (Å²) in [5, 5.41) is 9.54. The molecule has 0 fully saturated rings. The van der Waals surface area contributed by atoms with Crippen LogP contribution < -0.4 is 0 Å². The van der Waals surface area contributed by atoms with Crippen molar-refractivity contribution in [2.45, 2.75) is 98.3 Å². The van der Waals surface area contributed by atoms with Crippen LogP contribution in [0.4, 0.5) is 0 Å². The van der Waals surface area contributed by atoms with Crippen LogP contribution >= 0.6 is 0 Å². The quantitative estimate of drug-likeness (QED) is 0.247. The Balaban J connectivity index is 3.91. The van der Waals surface area contributed by atoms with Crippen LogP contribution in [0.5, 0.6) is 0 Å². The molecule has 0 radical (unpaired) electrons. The fourth-order valence-electron chi connectivity index (χ4n) is 3.32. The molecule has 0 saturated carbocycles. The average molecular weight is 351 g/mol. The lowest BCUT2D eigenvalue weighted by molar-refractivity contribution is -0.143. The summed E-state index contributed by atoms with van der Waals surface area (Å²) in [4.78, 5) is 11.6. The Morgan fingerprint density at radius 1 is 1.00 bits per heavy atom. The number of carbonyl (C=O) groups is 1. The summed E-state index contributed by atoms with van der Waals surface area (Å²) in [5.41, 5.74) is 1.57. The zero-order valence-electron chi connectivity index (χ0n) is 17.3. The highest BCUT2D eigenvalue weighted by atomic mass is 16.4. The Bertz CT molecular complexity index is 389. The topological polar surface area (TPSA) is 37.3 Å². The van der Waals surface area contributed by atoms with Crippen molar-refractivity contribution in [3.8, 4) is 0 Å². The van der Waals surface area contributed by atoms with Crippen molar-refractivity contribution in [1.82, 2.24) is 0 Å². The molecule has 2 atom stereocenters. The van der Waals surface area contributed by atoms with Gasteiger partial charge in [0.05, 0.1) is 5.92 Å². The van der Waals surface area contributed by atoms with Gasteiger partial charge in [-0.25, -0.2) is 0 Å². The van der Waals surface area contributed by atoms with Gasteiger partial charge in [0.15, 0.2) is 0 Å². The average Bonchev–Trinajstić information content (AvgIpc) is 2.49. The van der Waals surface area contributed by atoms with Crippen LogP contribution in [0.3, 0.4) is 0 Å². The van der Waals surface area contributed by atoms with Gasteiger partial charge >= 0.3 is 5.97 Å². The third-order valence-electron chi connectivity index (χ3n) is 4.98. The van der Waals surface area contributed by atoms with E-state index in [9.17, 15) is 9.90 Å². The minimum Gasteiger partial charge on any atom is -0.481 e. The van der Waals surface area contributed by atoms with Crippen molar-refractivity contribution in [1.29, 1.82) is 0 Å². The van der Waals surface area contributed by atoms with Gasteiger partial charge < -0.3 is 5.11 Å². The van der Waals surface area contributed by atoms with E-state index in [1.807, 2.05) is 13.0 Å². The van der Waals surface area contributed by atoms with E-state index in [4.69, 9.17) is 0 Å². The summed E-state index contributed by atoms with van der Waals surface area (Å²) in [7, 11) is 0. The summed E-state index contributed by atoms with van der Waals surface area (Å²) < 4.78 is 0. The lowest BCUT2D eigenvalue weighted by Crippen LogP contribution is -2.22. The molecular formula is C23H42O2. The predicted molar refractivity (Wildman–Crippen MR) is 110 cm³/mol. The van der Waals surface area contributed by atoms with E-state index >= 15 is 0 Å². The van der Waals surface area contributed by atoms with Gasteiger partial charge in [-0.1, -0.05) is 77.4 Å². The van der Waals surface area contributed by atoms with Crippen LogP contribution in [0.1, 0.15) is 98.3 Å². The first-order valence-corrected chi connectivity index (χ1v) is 10.2. The fraction of sp³-hybridized carbons (Fsp3) is 0.783. The van der Waals surface area contributed by atoms with Crippen molar-refractivity contribution < 1.29 is 9.90 Å². The summed E-state index contributed by atoms with van der Waals surface area (Å²) in [5.74, 6) is -0.899. The number of carboxylic acids is 1. The molecule has 0 bridgehead atoms. The van der Waals surface area contributed by atoms with Crippen LogP contribution in [0.2, 0.25) is 0 Å². The number of hydrogen-bond donors (Lipinski definition) is 1. The second-order valence-corrected chi connectivity index (χ2v) is 8.91. The third-order valence-corrected chi connectivity index (χ3v) is 4.98. The second kappa shape index (κ2) is 13.2. The monoisotopic (exact) mass is 350 g/mol. The first-order valence-electron chi connectivity index (χ1n) is 10.2. The fourth-order valence-corrected chi connectivity index (χ4v) is 3.32. The molecule has 146 valence electrons. The van der Waals surface area contributed by atoms with Gasteiger partial charge in [-0.3, -0.25) is 4.79 Å². The Labute approximate surface area is 156 Å². The highest BCUT2D eigenvalue weighted by Crippen LogP contribution is 2.27. The predicted octanol–water partition coefficient (Wildman–Crippen LogP) is 7.40. The molecule has 0 saturated heterocycles. The summed E-state index contributed by atoms with van der Waals surface area (Å²) in [6.07, 6.45) is 14.3. The standard InChI is InChI=1S/C23H42O2/c1-7-20(17-16-19(2)3)21(22(24)25)15-13-11-9-8-10-12-14-18-23(4,5)6/h7,20-21H,1-2,8-18H2,3-6H3,(H,24,25). The molecule has 0 amide bonds. The maximum Gasteiger partial charge on any atom is 0.307 e. The van der Waals surface area contributed by atoms with Crippen LogP contribution in [-0.4, -0.2) is 11.1 Å². The molecule has 0 aliphatic heterocycles. The molecule has 0 aromatic rings. The number of carboxylic acid groups (broad SMARTS) is 1. The number of rotatable bonds is 15. The molecule has 1 N–H and O–H groups in total. The van der Waals surface area contributed by atoms with Crippen LogP contribution in [0.25, 0.3) is 0 Å². The van der Waals surface area contributed by atoms with Crippen molar-refractivity contribution in [3.05, 3.63) is 24.8 Å². The van der Waals surface area contributed by atoms with Gasteiger partial charge in [-0.05, 0) is 43.9 Å². The minimum atomic E-state index is -0.672. The first kappa shape index (κ1) is 23.9. The van der Waals surface area contributed by atoms with Crippen molar-refractivity contribution in [2.24, 2.45) is 17.3 Å². The second-order valence-electron chi connectivity index (χ2n) is 8.91. The van der Waals surface area contributed by atoms with E-state index in [-0.39, 0.29) is 11.8 Å². The molecule has 0 heterocycles. The minimum absolute atomic E-state index is 0.0617. The van der Waals surface area contributed by atoms with Gasteiger partial charge in [-0.15, -0.1) is 13.2 Å². The smallest absolute Gasteiger partial charge is 0.307 e. The molecular weight excluding hydrogens is 308 g/mol. The Hall–Kier alpha value is -1.05. The maximum atomic E-state index is 11.6. The van der Waals surface area contributed by atoms with Crippen molar-refractivity contribution >= 4 is 5.97 Å². The molecule has 25 heavy (non-hydrogen) atoms. The van der Waals surface area contributed by atoms with Gasteiger partial charge in [0.2, 0.25) is 0 Å². The zero-order valence-corrected chi connectivity index (χ0v) is 17.3. The van der Waals surface area contributed by atoms with E-state index in [0.717, 1.165) is 37.7 Å². The van der Waals surface area contributed by atoms with Gasteiger partial charge in [-0.2, -0.15) is 0 Å². The lowest BCUT2D eigenvalue weighted by Gasteiger charge is -2.21. The van der Waals surface area contributed by atoms with E-state index in [1.54, 1.807) is 0 Å². The lowest BCUT2D eigenvalue weighted by atomic mass is 9.84. The van der Waals surface area contributed by atoms with Gasteiger partial charge in [0, 0.05) is 0 Å². The number of aliphatic carboxylic acids is 1. The molecule has 0 aromatic heterocycles. The molecule has 0 aliphatic carbocycles. The summed E-state index contributed by atoms with van der Waals surface area (Å²) in [6.45, 7) is 16.7. The Kier molecular flexibility index (Phi) is 12.6. The molecule has 0 aliphatic rings. The SMILES string of the molecule is C=CC(CCC(=C)C)C(CCCCCCCCCC(C)(C)C)C(=O)O. The third kappa shape index (κ3) is 13.9. The van der Waals surface area contributed by atoms with Gasteiger partial charge in [0.25, 0.3) is 0 Å². The van der Waals surface area contributed by atoms with Crippen LogP contribution in [0.15, 0.2) is 24.8 Å². The molecule has 0 spiro atoms. The van der Waals surface area contributed by atoms with E-state index in [0.29, 0.717) is 5.41 Å². The van der Waals surface area contributed by atoms with E-state index in [1.165, 1.54) is 38.5 Å². The molecule has 2 nitrogen and oxygen atoms in total. The number of hydrogen-bond acceptors (Lipinski definition) is 1. The van der Waals surface area contributed by atoms with Crippen molar-refractivity contribution in [3.63, 3.8) is 0 Å². The maximum absolute atomic E-state index is 11.6. The summed E-state index contributed by atoms with van der Waals surface area (Å²) >= 11 is 0. The highest BCUT2D eigenvalue weighted by Gasteiger charge is 2.25. The van der Waals surface area contributed by atoms with Crippen LogP contribution in [-0.2, 0) is 4.79 Å². The van der Waals surface area contributed by atoms with E-state index in [2.05, 4.69) is 33.9 Å². The highest BCUT2D eigenvalue weighted by molar-refractivity contribution is 5.70. The molecule has 0 rings (SSSR count). The molecule has 0 aromatic carbocycles. The molecule has 2 heteroatoms.